The summed E-state index contributed by atoms with van der Waals surface area (Å²) in [6, 6.07) is 8.23. The molecular weight excluding hydrogens is 238 g/mol. The minimum Gasteiger partial charge on any atom is -0.378 e. The molecule has 1 unspecified atom stereocenters. The molecule has 0 spiro atoms. The molecule has 2 rings (SSSR count). The van der Waals surface area contributed by atoms with Crippen LogP contribution >= 0.6 is 0 Å². The molecule has 1 heterocycles. The maximum Gasteiger partial charge on any atom is 0.131 e. The van der Waals surface area contributed by atoms with Crippen molar-refractivity contribution in [1.82, 2.24) is 15.0 Å². The van der Waals surface area contributed by atoms with Gasteiger partial charge in [-0.3, -0.25) is 5.84 Å². The van der Waals surface area contributed by atoms with E-state index < -0.39 is 0 Å². The molecule has 5 nitrogen and oxygen atoms in total. The Morgan fingerprint density at radius 3 is 2.53 bits per heavy atom. The van der Waals surface area contributed by atoms with Crippen molar-refractivity contribution in [2.75, 3.05) is 19.0 Å². The van der Waals surface area contributed by atoms with E-state index in [4.69, 9.17) is 5.84 Å². The first-order valence-electron chi connectivity index (χ1n) is 6.41. The lowest BCUT2D eigenvalue weighted by atomic mass is 10.1. The molecule has 0 fully saturated rings. The van der Waals surface area contributed by atoms with Crippen molar-refractivity contribution in [1.29, 1.82) is 0 Å². The number of nitrogens with one attached hydrogen (secondary N) is 1. The first kappa shape index (κ1) is 13.6. The number of aromatic nitrogens is 2. The molecule has 0 saturated heterocycles. The highest BCUT2D eigenvalue weighted by molar-refractivity contribution is 5.47. The zero-order valence-corrected chi connectivity index (χ0v) is 11.7. The van der Waals surface area contributed by atoms with E-state index >= 15 is 0 Å². The van der Waals surface area contributed by atoms with Gasteiger partial charge in [-0.15, -0.1) is 0 Å². The monoisotopic (exact) mass is 259 g/mol. The third kappa shape index (κ3) is 2.77. The minimum absolute atomic E-state index is 0.0915. The molecule has 0 bridgehead atoms. The average molecular weight is 259 g/mol. The summed E-state index contributed by atoms with van der Waals surface area (Å²) in [7, 11) is 4.05. The van der Waals surface area contributed by atoms with Gasteiger partial charge < -0.3 is 9.47 Å². The molecule has 0 saturated carbocycles. The number of hydrogen-bond acceptors (Lipinski definition) is 4. The van der Waals surface area contributed by atoms with Gasteiger partial charge in [-0.25, -0.2) is 10.4 Å². The molecule has 0 aliphatic rings. The molecule has 0 amide bonds. The van der Waals surface area contributed by atoms with Crippen LogP contribution in [-0.4, -0.2) is 23.6 Å². The number of nitrogens with two attached hydrogens (primary N) is 1. The van der Waals surface area contributed by atoms with Gasteiger partial charge in [0.15, 0.2) is 0 Å². The quantitative estimate of drug-likeness (QED) is 0.631. The third-order valence-electron chi connectivity index (χ3n) is 3.26. The Morgan fingerprint density at radius 1 is 1.32 bits per heavy atom. The summed E-state index contributed by atoms with van der Waals surface area (Å²) in [6.07, 6.45) is 3.77. The topological polar surface area (TPSA) is 59.1 Å². The Balaban J connectivity index is 2.32. The van der Waals surface area contributed by atoms with E-state index in [9.17, 15) is 0 Å². The largest absolute Gasteiger partial charge is 0.378 e. The summed E-state index contributed by atoms with van der Waals surface area (Å²) >= 11 is 0. The summed E-state index contributed by atoms with van der Waals surface area (Å²) in [4.78, 5) is 6.47. The Hall–Kier alpha value is -1.85. The van der Waals surface area contributed by atoms with Crippen LogP contribution in [0.25, 0.3) is 0 Å². The molecule has 19 heavy (non-hydrogen) atoms. The van der Waals surface area contributed by atoms with Crippen LogP contribution in [0.5, 0.6) is 0 Å². The summed E-state index contributed by atoms with van der Waals surface area (Å²) in [5.41, 5.74) is 5.12. The number of hydrazine groups is 1. The molecule has 1 atom stereocenters. The van der Waals surface area contributed by atoms with Gasteiger partial charge in [0.05, 0.1) is 0 Å². The lowest BCUT2D eigenvalue weighted by Gasteiger charge is -2.19. The highest BCUT2D eigenvalue weighted by Gasteiger charge is 2.17. The smallest absolute Gasteiger partial charge is 0.131 e. The maximum absolute atomic E-state index is 5.70. The van der Waals surface area contributed by atoms with Crippen molar-refractivity contribution in [3.63, 3.8) is 0 Å². The Labute approximate surface area is 114 Å². The fraction of sp³-hybridized carbons (Fsp3) is 0.357. The maximum atomic E-state index is 5.70. The second-order valence-corrected chi connectivity index (χ2v) is 4.66. The molecule has 0 aliphatic carbocycles. The van der Waals surface area contributed by atoms with Gasteiger partial charge in [0.1, 0.15) is 11.9 Å². The molecule has 102 valence electrons. The molecule has 2 aromatic rings. The Kier molecular flexibility index (Phi) is 4.19. The molecule has 3 N–H and O–H groups in total. The van der Waals surface area contributed by atoms with E-state index in [1.807, 2.05) is 20.3 Å². The zero-order valence-electron chi connectivity index (χ0n) is 11.7. The van der Waals surface area contributed by atoms with E-state index in [1.54, 1.807) is 6.20 Å². The Bertz CT molecular complexity index is 515. The van der Waals surface area contributed by atoms with E-state index in [-0.39, 0.29) is 6.04 Å². The summed E-state index contributed by atoms with van der Waals surface area (Å²) in [5, 5.41) is 0. The SMILES string of the molecule is CCn1ccnc1C(NN)c1ccc(N(C)C)cc1. The second-order valence-electron chi connectivity index (χ2n) is 4.66. The van der Waals surface area contributed by atoms with Crippen molar-refractivity contribution >= 4 is 5.69 Å². The van der Waals surface area contributed by atoms with Crippen molar-refractivity contribution in [3.05, 3.63) is 48.0 Å². The first-order valence-corrected chi connectivity index (χ1v) is 6.41. The van der Waals surface area contributed by atoms with E-state index in [0.717, 1.165) is 17.9 Å². The van der Waals surface area contributed by atoms with Crippen LogP contribution in [-0.2, 0) is 6.54 Å². The van der Waals surface area contributed by atoms with Gasteiger partial charge in [0.25, 0.3) is 0 Å². The van der Waals surface area contributed by atoms with Crippen LogP contribution in [0, 0.1) is 0 Å². The van der Waals surface area contributed by atoms with E-state index in [0.29, 0.717) is 0 Å². The standard InChI is InChI=1S/C14H21N5/c1-4-19-10-9-16-14(19)13(17-15)11-5-7-12(8-6-11)18(2)3/h5-10,13,17H,4,15H2,1-3H3. The number of nitrogens with zero attached hydrogens (tertiary/aromatic N) is 3. The number of hydrogen-bond donors (Lipinski definition) is 2. The molecule has 5 heteroatoms. The van der Waals surface area contributed by atoms with Gasteiger partial charge in [0.2, 0.25) is 0 Å². The predicted octanol–water partition coefficient (Wildman–Crippen LogP) is 1.52. The molecule has 1 aromatic heterocycles. The third-order valence-corrected chi connectivity index (χ3v) is 3.26. The molecule has 0 aliphatic heterocycles. The van der Waals surface area contributed by atoms with Crippen LogP contribution in [0.15, 0.2) is 36.7 Å². The number of anilines is 1. The summed E-state index contributed by atoms with van der Waals surface area (Å²) in [6.45, 7) is 2.97. The fourth-order valence-electron chi connectivity index (χ4n) is 2.13. The normalized spacial score (nSPS) is 12.4. The van der Waals surface area contributed by atoms with Crippen LogP contribution < -0.4 is 16.2 Å². The van der Waals surface area contributed by atoms with Crippen LogP contribution in [0.2, 0.25) is 0 Å². The van der Waals surface area contributed by atoms with Gasteiger partial charge in [-0.1, -0.05) is 12.1 Å². The minimum atomic E-state index is -0.0915. The number of imidazole rings is 1. The molecule has 0 radical (unpaired) electrons. The van der Waals surface area contributed by atoms with Gasteiger partial charge in [-0.05, 0) is 24.6 Å². The number of benzene rings is 1. The lowest BCUT2D eigenvalue weighted by Crippen LogP contribution is -2.31. The molecular formula is C14H21N5. The average Bonchev–Trinajstić information content (AvgIpc) is 2.88. The van der Waals surface area contributed by atoms with Crippen molar-refractivity contribution in [2.45, 2.75) is 19.5 Å². The molecule has 1 aromatic carbocycles. The van der Waals surface area contributed by atoms with Crippen molar-refractivity contribution < 1.29 is 0 Å². The Morgan fingerprint density at radius 2 is 2.00 bits per heavy atom. The highest BCUT2D eigenvalue weighted by Crippen LogP contribution is 2.22. The van der Waals surface area contributed by atoms with E-state index in [1.165, 1.54) is 5.69 Å². The lowest BCUT2D eigenvalue weighted by molar-refractivity contribution is 0.561. The van der Waals surface area contributed by atoms with Gasteiger partial charge in [-0.2, -0.15) is 0 Å². The summed E-state index contributed by atoms with van der Waals surface area (Å²) in [5.74, 6) is 6.64. The predicted molar refractivity (Wildman–Crippen MR) is 77.8 cm³/mol. The number of rotatable bonds is 5. The van der Waals surface area contributed by atoms with Crippen molar-refractivity contribution in [2.24, 2.45) is 5.84 Å². The van der Waals surface area contributed by atoms with Gasteiger partial charge in [0, 0.05) is 38.7 Å². The number of aryl methyl sites for hydroxylation is 1. The first-order chi connectivity index (χ1) is 9.17. The fourth-order valence-corrected chi connectivity index (χ4v) is 2.13. The van der Waals surface area contributed by atoms with Crippen LogP contribution in [0.4, 0.5) is 5.69 Å². The zero-order chi connectivity index (χ0) is 13.8. The second kappa shape index (κ2) is 5.86. The highest BCUT2D eigenvalue weighted by atomic mass is 15.3. The van der Waals surface area contributed by atoms with Crippen molar-refractivity contribution in [3.8, 4) is 0 Å². The van der Waals surface area contributed by atoms with E-state index in [2.05, 4.69) is 51.1 Å². The summed E-state index contributed by atoms with van der Waals surface area (Å²) < 4.78 is 2.09. The van der Waals surface area contributed by atoms with Gasteiger partial charge >= 0.3 is 0 Å². The van der Waals surface area contributed by atoms with Crippen LogP contribution in [0.3, 0.4) is 0 Å². The van der Waals surface area contributed by atoms with Crippen LogP contribution in [0.1, 0.15) is 24.4 Å².